The second-order valence-electron chi connectivity index (χ2n) is 6.57. The van der Waals surface area contributed by atoms with Gasteiger partial charge in [0.1, 0.15) is 0 Å². The maximum Gasteiger partial charge on any atom is 0.272 e. The average Bonchev–Trinajstić information content (AvgIpc) is 2.96. The van der Waals surface area contributed by atoms with Crippen LogP contribution < -0.4 is 10.3 Å². The minimum absolute atomic E-state index is 0.224. The highest BCUT2D eigenvalue weighted by Crippen LogP contribution is 2.20. The van der Waals surface area contributed by atoms with Crippen LogP contribution in [0.25, 0.3) is 0 Å². The summed E-state index contributed by atoms with van der Waals surface area (Å²) in [5, 5.41) is 4.25. The van der Waals surface area contributed by atoms with Gasteiger partial charge in [-0.2, -0.15) is 5.10 Å². The van der Waals surface area contributed by atoms with Crippen LogP contribution in [0, 0.1) is 0 Å². The Kier molecular flexibility index (Phi) is 6.45. The minimum atomic E-state index is -0.224. The summed E-state index contributed by atoms with van der Waals surface area (Å²) in [5.74, 6) is -0.224. The van der Waals surface area contributed by atoms with Gasteiger partial charge in [-0.25, -0.2) is 5.43 Å². The molecule has 0 aliphatic carbocycles. The van der Waals surface area contributed by atoms with E-state index < -0.39 is 0 Å². The lowest BCUT2D eigenvalue weighted by atomic mass is 10.1. The van der Waals surface area contributed by atoms with Gasteiger partial charge in [-0.05, 0) is 65.5 Å². The van der Waals surface area contributed by atoms with E-state index in [1.54, 1.807) is 6.07 Å². The predicted octanol–water partition coefficient (Wildman–Crippen LogP) is 4.98. The fourth-order valence-corrected chi connectivity index (χ4v) is 3.61. The molecule has 1 aliphatic heterocycles. The highest BCUT2D eigenvalue weighted by Gasteiger charge is 2.11. The molecule has 0 saturated carbocycles. The van der Waals surface area contributed by atoms with Gasteiger partial charge in [-0.1, -0.05) is 37.1 Å². The van der Waals surface area contributed by atoms with Crippen molar-refractivity contribution in [2.45, 2.75) is 32.6 Å². The van der Waals surface area contributed by atoms with Crippen LogP contribution >= 0.6 is 15.9 Å². The van der Waals surface area contributed by atoms with Crippen LogP contribution in [-0.2, 0) is 0 Å². The number of hydrogen-bond acceptors (Lipinski definition) is 3. The van der Waals surface area contributed by atoms with Gasteiger partial charge in [0.2, 0.25) is 0 Å². The van der Waals surface area contributed by atoms with Gasteiger partial charge in [0, 0.05) is 23.2 Å². The van der Waals surface area contributed by atoms with Crippen LogP contribution in [0.2, 0.25) is 0 Å². The highest BCUT2D eigenvalue weighted by molar-refractivity contribution is 9.10. The first-order valence-corrected chi connectivity index (χ1v) is 9.89. The standard InChI is InChI=1S/C21H24BrN3O/c1-16(23-24-21(26)19-8-4-5-9-20(19)22)17-10-12-18(13-11-17)25-14-6-2-3-7-15-25/h4-5,8-13H,2-3,6-7,14-15H2,1H3,(H,24,26)/b23-16-. The van der Waals surface area contributed by atoms with Crippen molar-refractivity contribution in [2.75, 3.05) is 18.0 Å². The summed E-state index contributed by atoms with van der Waals surface area (Å²) in [4.78, 5) is 14.7. The molecule has 0 bridgehead atoms. The van der Waals surface area contributed by atoms with E-state index >= 15 is 0 Å². The summed E-state index contributed by atoms with van der Waals surface area (Å²) in [7, 11) is 0. The van der Waals surface area contributed by atoms with Crippen molar-refractivity contribution in [3.05, 3.63) is 64.1 Å². The zero-order valence-electron chi connectivity index (χ0n) is 15.0. The van der Waals surface area contributed by atoms with E-state index in [4.69, 9.17) is 0 Å². The van der Waals surface area contributed by atoms with E-state index in [1.165, 1.54) is 31.4 Å². The normalized spacial score (nSPS) is 15.5. The lowest BCUT2D eigenvalue weighted by molar-refractivity contribution is 0.0954. The number of nitrogens with one attached hydrogen (secondary N) is 1. The number of anilines is 1. The molecule has 0 radical (unpaired) electrons. The third-order valence-electron chi connectivity index (χ3n) is 4.70. The average molecular weight is 414 g/mol. The number of amides is 1. The van der Waals surface area contributed by atoms with Gasteiger partial charge in [0.05, 0.1) is 11.3 Å². The number of benzene rings is 2. The number of halogens is 1. The monoisotopic (exact) mass is 413 g/mol. The Bertz CT molecular complexity index is 778. The first-order chi connectivity index (χ1) is 12.6. The lowest BCUT2D eigenvalue weighted by Crippen LogP contribution is -2.23. The number of hydrazone groups is 1. The second-order valence-corrected chi connectivity index (χ2v) is 7.42. The molecular weight excluding hydrogens is 390 g/mol. The fraction of sp³-hybridized carbons (Fsp3) is 0.333. The molecular formula is C21H24BrN3O. The summed E-state index contributed by atoms with van der Waals surface area (Å²) < 4.78 is 0.757. The summed E-state index contributed by atoms with van der Waals surface area (Å²) in [6, 6.07) is 15.8. The number of rotatable bonds is 4. The predicted molar refractivity (Wildman–Crippen MR) is 111 cm³/mol. The van der Waals surface area contributed by atoms with E-state index in [-0.39, 0.29) is 5.91 Å². The molecule has 1 amide bonds. The zero-order chi connectivity index (χ0) is 18.4. The van der Waals surface area contributed by atoms with Gasteiger partial charge in [0.15, 0.2) is 0 Å². The van der Waals surface area contributed by atoms with E-state index in [0.29, 0.717) is 5.56 Å². The van der Waals surface area contributed by atoms with Crippen LogP contribution in [0.15, 0.2) is 58.1 Å². The first kappa shape index (κ1) is 18.6. The number of carbonyl (C=O) groups excluding carboxylic acids is 1. The number of hydrogen-bond donors (Lipinski definition) is 1. The summed E-state index contributed by atoms with van der Waals surface area (Å²) in [6.45, 7) is 4.17. The molecule has 0 unspecified atom stereocenters. The van der Waals surface area contributed by atoms with E-state index in [2.05, 4.69) is 55.6 Å². The van der Waals surface area contributed by atoms with Gasteiger partial charge >= 0.3 is 0 Å². The van der Waals surface area contributed by atoms with Crippen LogP contribution in [0.1, 0.15) is 48.5 Å². The van der Waals surface area contributed by atoms with Crippen molar-refractivity contribution >= 4 is 33.2 Å². The molecule has 3 rings (SSSR count). The maximum atomic E-state index is 12.2. The molecule has 2 aromatic rings. The SMILES string of the molecule is C/C(=N/NC(=O)c1ccccc1Br)c1ccc(N2CCCCCC2)cc1. The fourth-order valence-electron chi connectivity index (χ4n) is 3.15. The van der Waals surface area contributed by atoms with Crippen molar-refractivity contribution < 1.29 is 4.79 Å². The highest BCUT2D eigenvalue weighted by atomic mass is 79.9. The molecule has 1 fully saturated rings. The summed E-state index contributed by atoms with van der Waals surface area (Å²) in [6.07, 6.45) is 5.20. The Labute approximate surface area is 163 Å². The van der Waals surface area contributed by atoms with Crippen LogP contribution in [-0.4, -0.2) is 24.7 Å². The topological polar surface area (TPSA) is 44.7 Å². The number of nitrogens with zero attached hydrogens (tertiary/aromatic N) is 2. The van der Waals surface area contributed by atoms with E-state index in [1.807, 2.05) is 25.1 Å². The Morgan fingerprint density at radius 1 is 1.00 bits per heavy atom. The lowest BCUT2D eigenvalue weighted by Gasteiger charge is -2.22. The van der Waals surface area contributed by atoms with Gasteiger partial charge in [0.25, 0.3) is 5.91 Å². The van der Waals surface area contributed by atoms with Gasteiger partial charge in [-0.15, -0.1) is 0 Å². The van der Waals surface area contributed by atoms with Crippen LogP contribution in [0.3, 0.4) is 0 Å². The molecule has 136 valence electrons. The molecule has 0 aromatic heterocycles. The Balaban J connectivity index is 1.65. The molecule has 0 spiro atoms. The van der Waals surface area contributed by atoms with Crippen molar-refractivity contribution in [3.8, 4) is 0 Å². The second kappa shape index (κ2) is 8.99. The van der Waals surface area contributed by atoms with Gasteiger partial charge in [-0.3, -0.25) is 4.79 Å². The first-order valence-electron chi connectivity index (χ1n) is 9.10. The number of carbonyl (C=O) groups is 1. The Morgan fingerprint density at radius 3 is 2.31 bits per heavy atom. The molecule has 1 aliphatic rings. The van der Waals surface area contributed by atoms with Crippen LogP contribution in [0.5, 0.6) is 0 Å². The Morgan fingerprint density at radius 2 is 1.65 bits per heavy atom. The van der Waals surface area contributed by atoms with E-state index in [9.17, 15) is 4.79 Å². The Hall–Kier alpha value is -2.14. The maximum absolute atomic E-state index is 12.2. The smallest absolute Gasteiger partial charge is 0.272 e. The van der Waals surface area contributed by atoms with Crippen molar-refractivity contribution in [2.24, 2.45) is 5.10 Å². The quantitative estimate of drug-likeness (QED) is 0.566. The molecule has 4 nitrogen and oxygen atoms in total. The third-order valence-corrected chi connectivity index (χ3v) is 5.39. The molecule has 2 aromatic carbocycles. The van der Waals surface area contributed by atoms with E-state index in [0.717, 1.165) is 28.8 Å². The summed E-state index contributed by atoms with van der Waals surface area (Å²) in [5.41, 5.74) is 6.26. The summed E-state index contributed by atoms with van der Waals surface area (Å²) >= 11 is 3.39. The van der Waals surface area contributed by atoms with Crippen molar-refractivity contribution in [3.63, 3.8) is 0 Å². The van der Waals surface area contributed by atoms with Crippen LogP contribution in [0.4, 0.5) is 5.69 Å². The molecule has 1 saturated heterocycles. The molecule has 0 atom stereocenters. The van der Waals surface area contributed by atoms with Crippen molar-refractivity contribution in [1.29, 1.82) is 0 Å². The molecule has 26 heavy (non-hydrogen) atoms. The minimum Gasteiger partial charge on any atom is -0.372 e. The molecule has 1 N–H and O–H groups in total. The zero-order valence-corrected chi connectivity index (χ0v) is 16.6. The molecule has 5 heteroatoms. The molecule has 1 heterocycles. The third kappa shape index (κ3) is 4.73. The van der Waals surface area contributed by atoms with Crippen molar-refractivity contribution in [1.82, 2.24) is 5.43 Å². The largest absolute Gasteiger partial charge is 0.372 e. The van der Waals surface area contributed by atoms with Gasteiger partial charge < -0.3 is 4.90 Å².